The molecule has 3 amide bonds. The highest BCUT2D eigenvalue weighted by Crippen LogP contribution is 2.34. The van der Waals surface area contributed by atoms with Crippen LogP contribution in [0, 0.1) is 11.8 Å². The molecule has 2 heterocycles. The number of amides is 3. The maximum absolute atomic E-state index is 12.2. The minimum absolute atomic E-state index is 0.0608. The van der Waals surface area contributed by atoms with E-state index in [1.807, 2.05) is 12.2 Å². The van der Waals surface area contributed by atoms with Gasteiger partial charge in [-0.3, -0.25) is 19.3 Å². The average molecular weight is 292 g/mol. The maximum atomic E-state index is 12.2. The van der Waals surface area contributed by atoms with Gasteiger partial charge in [0.05, 0.1) is 17.9 Å². The number of nitrogens with one attached hydrogen (secondary N) is 1. The predicted molar refractivity (Wildman–Crippen MR) is 74.1 cm³/mol. The van der Waals surface area contributed by atoms with Gasteiger partial charge in [0, 0.05) is 13.2 Å². The van der Waals surface area contributed by atoms with Gasteiger partial charge in [-0.2, -0.15) is 0 Å². The van der Waals surface area contributed by atoms with Gasteiger partial charge in [-0.05, 0) is 25.7 Å². The zero-order valence-electron chi connectivity index (χ0n) is 11.9. The first-order chi connectivity index (χ1) is 10.2. The summed E-state index contributed by atoms with van der Waals surface area (Å²) in [5, 5.41) is 2.75. The van der Waals surface area contributed by atoms with Gasteiger partial charge in [0.15, 0.2) is 0 Å². The number of carbonyl (C=O) groups is 3. The fourth-order valence-electron chi connectivity index (χ4n) is 3.26. The van der Waals surface area contributed by atoms with Crippen LogP contribution < -0.4 is 5.32 Å². The Balaban J connectivity index is 1.53. The quantitative estimate of drug-likeness (QED) is 0.594. The monoisotopic (exact) mass is 292 g/mol. The largest absolute Gasteiger partial charge is 0.376 e. The van der Waals surface area contributed by atoms with E-state index >= 15 is 0 Å². The third-order valence-electron chi connectivity index (χ3n) is 4.45. The first kappa shape index (κ1) is 14.3. The first-order valence-electron chi connectivity index (χ1n) is 7.55. The number of hydrogen-bond donors (Lipinski definition) is 1. The van der Waals surface area contributed by atoms with Crippen LogP contribution in [-0.4, -0.2) is 48.4 Å². The van der Waals surface area contributed by atoms with Crippen LogP contribution in [-0.2, 0) is 19.1 Å². The van der Waals surface area contributed by atoms with Crippen molar-refractivity contribution in [1.29, 1.82) is 0 Å². The summed E-state index contributed by atoms with van der Waals surface area (Å²) in [6.07, 6.45) is 7.09. The number of ether oxygens (including phenoxy) is 1. The van der Waals surface area contributed by atoms with Gasteiger partial charge in [0.2, 0.25) is 17.7 Å². The van der Waals surface area contributed by atoms with Gasteiger partial charge in [-0.1, -0.05) is 12.2 Å². The molecule has 0 saturated carbocycles. The summed E-state index contributed by atoms with van der Waals surface area (Å²) in [6.45, 7) is 1.01. The van der Waals surface area contributed by atoms with Crippen molar-refractivity contribution in [3.8, 4) is 0 Å². The second-order valence-electron chi connectivity index (χ2n) is 5.86. The van der Waals surface area contributed by atoms with Gasteiger partial charge in [-0.25, -0.2) is 0 Å². The molecule has 0 bridgehead atoms. The van der Waals surface area contributed by atoms with E-state index in [-0.39, 0.29) is 42.2 Å². The van der Waals surface area contributed by atoms with Crippen molar-refractivity contribution in [2.24, 2.45) is 11.8 Å². The number of nitrogens with zero attached hydrogens (tertiary/aromatic N) is 1. The van der Waals surface area contributed by atoms with Gasteiger partial charge < -0.3 is 10.1 Å². The normalized spacial score (nSPS) is 31.6. The number of hydrogen-bond acceptors (Lipinski definition) is 4. The Labute approximate surface area is 123 Å². The molecule has 6 nitrogen and oxygen atoms in total. The summed E-state index contributed by atoms with van der Waals surface area (Å²) < 4.78 is 5.42. The van der Waals surface area contributed by atoms with Crippen molar-refractivity contribution in [2.75, 3.05) is 19.7 Å². The maximum Gasteiger partial charge on any atom is 0.240 e. The Bertz CT molecular complexity index is 456. The molecule has 0 aromatic heterocycles. The Morgan fingerprint density at radius 1 is 1.24 bits per heavy atom. The Morgan fingerprint density at radius 2 is 1.90 bits per heavy atom. The molecule has 3 unspecified atom stereocenters. The molecule has 1 aliphatic carbocycles. The zero-order chi connectivity index (χ0) is 14.8. The van der Waals surface area contributed by atoms with Crippen LogP contribution in [0.1, 0.15) is 25.7 Å². The minimum atomic E-state index is -0.293. The van der Waals surface area contributed by atoms with Crippen LogP contribution in [0.3, 0.4) is 0 Å². The molecular formula is C15H20N2O4. The molecule has 2 saturated heterocycles. The minimum Gasteiger partial charge on any atom is -0.376 e. The van der Waals surface area contributed by atoms with Crippen molar-refractivity contribution in [3.05, 3.63) is 12.2 Å². The summed E-state index contributed by atoms with van der Waals surface area (Å²) in [6, 6.07) is 0. The molecule has 0 radical (unpaired) electrons. The molecule has 3 rings (SSSR count). The average Bonchev–Trinajstić information content (AvgIpc) is 3.09. The highest BCUT2D eigenvalue weighted by atomic mass is 16.5. The van der Waals surface area contributed by atoms with E-state index in [0.29, 0.717) is 19.4 Å². The van der Waals surface area contributed by atoms with Crippen LogP contribution in [0.25, 0.3) is 0 Å². The van der Waals surface area contributed by atoms with Crippen molar-refractivity contribution < 1.29 is 19.1 Å². The van der Waals surface area contributed by atoms with E-state index in [1.165, 1.54) is 0 Å². The lowest BCUT2D eigenvalue weighted by Gasteiger charge is -2.16. The molecule has 0 spiro atoms. The van der Waals surface area contributed by atoms with Crippen LogP contribution in [0.2, 0.25) is 0 Å². The molecule has 114 valence electrons. The lowest BCUT2D eigenvalue weighted by Crippen LogP contribution is -2.42. The second-order valence-corrected chi connectivity index (χ2v) is 5.86. The second kappa shape index (κ2) is 5.97. The van der Waals surface area contributed by atoms with E-state index in [4.69, 9.17) is 4.74 Å². The topological polar surface area (TPSA) is 75.7 Å². The fraction of sp³-hybridized carbons (Fsp3) is 0.667. The highest BCUT2D eigenvalue weighted by molar-refractivity contribution is 6.07. The molecule has 21 heavy (non-hydrogen) atoms. The van der Waals surface area contributed by atoms with Crippen molar-refractivity contribution in [2.45, 2.75) is 31.8 Å². The number of likely N-dealkylation sites (tertiary alicyclic amines) is 1. The molecule has 3 atom stereocenters. The molecular weight excluding hydrogens is 272 g/mol. The predicted octanol–water partition coefficient (Wildman–Crippen LogP) is 0.233. The third-order valence-corrected chi connectivity index (χ3v) is 4.45. The van der Waals surface area contributed by atoms with E-state index in [9.17, 15) is 14.4 Å². The molecule has 3 aliphatic rings. The third kappa shape index (κ3) is 2.85. The van der Waals surface area contributed by atoms with Crippen LogP contribution >= 0.6 is 0 Å². The molecule has 6 heteroatoms. The first-order valence-corrected chi connectivity index (χ1v) is 7.55. The number of carbonyl (C=O) groups excluding carboxylic acids is 3. The number of allylic oxidation sites excluding steroid dienone is 2. The van der Waals surface area contributed by atoms with E-state index in [2.05, 4.69) is 5.32 Å². The van der Waals surface area contributed by atoms with Crippen LogP contribution in [0.15, 0.2) is 12.2 Å². The molecule has 1 N–H and O–H groups in total. The Kier molecular flexibility index (Phi) is 4.05. The summed E-state index contributed by atoms with van der Waals surface area (Å²) >= 11 is 0. The Morgan fingerprint density at radius 3 is 2.48 bits per heavy atom. The summed E-state index contributed by atoms with van der Waals surface area (Å²) in [5.74, 6) is -1.25. The molecule has 2 fully saturated rings. The van der Waals surface area contributed by atoms with Gasteiger partial charge >= 0.3 is 0 Å². The number of fused-ring (bicyclic) bond motifs is 1. The van der Waals surface area contributed by atoms with Crippen molar-refractivity contribution in [1.82, 2.24) is 10.2 Å². The van der Waals surface area contributed by atoms with E-state index in [1.54, 1.807) is 0 Å². The molecule has 0 aromatic rings. The summed E-state index contributed by atoms with van der Waals surface area (Å²) in [7, 11) is 0. The van der Waals surface area contributed by atoms with Crippen molar-refractivity contribution >= 4 is 17.7 Å². The zero-order valence-corrected chi connectivity index (χ0v) is 11.9. The van der Waals surface area contributed by atoms with Gasteiger partial charge in [0.25, 0.3) is 0 Å². The van der Waals surface area contributed by atoms with E-state index < -0.39 is 0 Å². The standard InChI is InChI=1S/C15H20N2O4/c18-13(16-8-10-4-3-7-21-10)9-17-14(19)11-5-1-2-6-12(11)15(17)20/h1-2,10-12H,3-9H2,(H,16,18). The molecule has 2 aliphatic heterocycles. The highest BCUT2D eigenvalue weighted by Gasteiger charge is 2.47. The van der Waals surface area contributed by atoms with Crippen LogP contribution in [0.5, 0.6) is 0 Å². The lowest BCUT2D eigenvalue weighted by atomic mass is 9.85. The summed E-state index contributed by atoms with van der Waals surface area (Å²) in [5.41, 5.74) is 0. The van der Waals surface area contributed by atoms with Gasteiger partial charge in [0.1, 0.15) is 6.54 Å². The summed E-state index contributed by atoms with van der Waals surface area (Å²) in [4.78, 5) is 37.5. The Hall–Kier alpha value is -1.69. The lowest BCUT2D eigenvalue weighted by molar-refractivity contribution is -0.143. The fourth-order valence-corrected chi connectivity index (χ4v) is 3.26. The van der Waals surface area contributed by atoms with E-state index in [0.717, 1.165) is 24.3 Å². The SMILES string of the molecule is O=C(CN1C(=O)C2CC=CCC2C1=O)NCC1CCCO1. The van der Waals surface area contributed by atoms with Crippen LogP contribution in [0.4, 0.5) is 0 Å². The van der Waals surface area contributed by atoms with Crippen molar-refractivity contribution in [3.63, 3.8) is 0 Å². The van der Waals surface area contributed by atoms with Gasteiger partial charge in [-0.15, -0.1) is 0 Å². The molecule has 0 aromatic carbocycles. The number of imide groups is 1. The number of rotatable bonds is 4. The smallest absolute Gasteiger partial charge is 0.240 e.